The summed E-state index contributed by atoms with van der Waals surface area (Å²) in [6, 6.07) is 8.83. The summed E-state index contributed by atoms with van der Waals surface area (Å²) in [6.07, 6.45) is 0. The van der Waals surface area contributed by atoms with Crippen LogP contribution in [0.15, 0.2) is 35.8 Å². The van der Waals surface area contributed by atoms with E-state index >= 15 is 0 Å². The van der Waals surface area contributed by atoms with Crippen molar-refractivity contribution in [1.29, 1.82) is 0 Å². The summed E-state index contributed by atoms with van der Waals surface area (Å²) in [5.74, 6) is -0.679. The Kier molecular flexibility index (Phi) is 4.59. The van der Waals surface area contributed by atoms with Gasteiger partial charge >= 0.3 is 5.97 Å². The van der Waals surface area contributed by atoms with Gasteiger partial charge in [0.1, 0.15) is 10.3 Å². The first-order chi connectivity index (χ1) is 9.95. The molecule has 0 spiro atoms. The first kappa shape index (κ1) is 15.5. The minimum Gasteiger partial charge on any atom is -0.464 e. The number of hydrogen-bond donors (Lipinski definition) is 1. The second-order valence-electron chi connectivity index (χ2n) is 4.22. The lowest BCUT2D eigenvalue weighted by Gasteiger charge is -2.14. The van der Waals surface area contributed by atoms with Gasteiger partial charge < -0.3 is 4.74 Å². The number of nitrogens with one attached hydrogen (secondary N) is 1. The third kappa shape index (κ3) is 3.40. The first-order valence-corrected chi connectivity index (χ1v) is 8.46. The highest BCUT2D eigenvalue weighted by Crippen LogP contribution is 2.28. The molecule has 0 fully saturated rings. The van der Waals surface area contributed by atoms with Gasteiger partial charge in [-0.3, -0.25) is 4.72 Å². The molecule has 0 radical (unpaired) electrons. The molecule has 21 heavy (non-hydrogen) atoms. The predicted octanol–water partition coefficient (Wildman–Crippen LogP) is 2.43. The number of aromatic nitrogens is 1. The molecule has 0 saturated heterocycles. The van der Waals surface area contributed by atoms with Crippen molar-refractivity contribution in [3.63, 3.8) is 0 Å². The second-order valence-corrected chi connectivity index (χ2v) is 7.08. The molecular weight excluding hydrogens is 312 g/mol. The molecule has 1 unspecified atom stereocenters. The summed E-state index contributed by atoms with van der Waals surface area (Å²) in [6.45, 7) is 1.58. The van der Waals surface area contributed by atoms with Crippen molar-refractivity contribution >= 4 is 32.3 Å². The molecule has 0 aliphatic rings. The molecule has 0 aliphatic heterocycles. The Balaban J connectivity index is 2.26. The van der Waals surface area contributed by atoms with E-state index in [0.717, 1.165) is 11.3 Å². The van der Waals surface area contributed by atoms with E-state index in [1.54, 1.807) is 31.2 Å². The molecule has 8 heteroatoms. The van der Waals surface area contributed by atoms with Crippen molar-refractivity contribution < 1.29 is 17.9 Å². The number of anilines is 1. The number of carbonyl (C=O) groups is 1. The highest BCUT2D eigenvalue weighted by molar-refractivity contribution is 7.93. The maximum absolute atomic E-state index is 12.4. The zero-order chi connectivity index (χ0) is 15.5. The lowest BCUT2D eigenvalue weighted by atomic mass is 10.2. The van der Waals surface area contributed by atoms with Gasteiger partial charge in [0.15, 0.2) is 5.69 Å². The minimum absolute atomic E-state index is 0.0358. The van der Waals surface area contributed by atoms with Crippen LogP contribution >= 0.6 is 11.3 Å². The van der Waals surface area contributed by atoms with Gasteiger partial charge in [-0.2, -0.15) is 0 Å². The van der Waals surface area contributed by atoms with Crippen molar-refractivity contribution in [2.45, 2.75) is 12.2 Å². The van der Waals surface area contributed by atoms with Crippen LogP contribution in [0.2, 0.25) is 0 Å². The molecule has 1 aromatic heterocycles. The first-order valence-electron chi connectivity index (χ1n) is 6.04. The van der Waals surface area contributed by atoms with Crippen LogP contribution < -0.4 is 4.72 Å². The maximum Gasteiger partial charge on any atom is 0.359 e. The number of ether oxygens (including phenoxy) is 1. The number of methoxy groups -OCH3 is 1. The fourth-order valence-electron chi connectivity index (χ4n) is 1.68. The van der Waals surface area contributed by atoms with E-state index in [1.165, 1.54) is 12.6 Å². The Hall–Kier alpha value is -1.93. The summed E-state index contributed by atoms with van der Waals surface area (Å²) < 4.78 is 31.7. The molecule has 1 heterocycles. The Labute approximate surface area is 126 Å². The molecule has 0 aliphatic carbocycles. The number of carbonyl (C=O) groups excluding carboxylic acids is 1. The minimum atomic E-state index is -3.69. The van der Waals surface area contributed by atoms with Gasteiger partial charge in [0, 0.05) is 0 Å². The Morgan fingerprint density at radius 1 is 1.33 bits per heavy atom. The van der Waals surface area contributed by atoms with E-state index in [1.807, 2.05) is 6.07 Å². The molecule has 2 aromatic rings. The number of thiazole rings is 1. The fourth-order valence-corrected chi connectivity index (χ4v) is 3.78. The summed E-state index contributed by atoms with van der Waals surface area (Å²) in [5.41, 5.74) is 2.01. The highest BCUT2D eigenvalue weighted by atomic mass is 32.2. The molecule has 1 atom stereocenters. The smallest absolute Gasteiger partial charge is 0.359 e. The topological polar surface area (TPSA) is 85.4 Å². The second kappa shape index (κ2) is 6.23. The van der Waals surface area contributed by atoms with E-state index in [-0.39, 0.29) is 10.7 Å². The van der Waals surface area contributed by atoms with Crippen molar-refractivity contribution in [3.05, 3.63) is 47.1 Å². The Morgan fingerprint density at radius 3 is 2.62 bits per heavy atom. The number of nitrogens with zero attached hydrogens (tertiary/aromatic N) is 1. The third-order valence-electron chi connectivity index (χ3n) is 2.92. The average molecular weight is 326 g/mol. The largest absolute Gasteiger partial charge is 0.464 e. The normalized spacial score (nSPS) is 12.7. The average Bonchev–Trinajstić information content (AvgIpc) is 2.94. The molecule has 112 valence electrons. The predicted molar refractivity (Wildman–Crippen MR) is 80.9 cm³/mol. The lowest BCUT2D eigenvalue weighted by Crippen LogP contribution is -2.20. The van der Waals surface area contributed by atoms with Crippen LogP contribution in [0.3, 0.4) is 0 Å². The van der Waals surface area contributed by atoms with E-state index in [9.17, 15) is 13.2 Å². The zero-order valence-corrected chi connectivity index (χ0v) is 13.1. The van der Waals surface area contributed by atoms with Gasteiger partial charge in [-0.15, -0.1) is 11.3 Å². The van der Waals surface area contributed by atoms with Gasteiger partial charge in [0.05, 0.1) is 12.6 Å². The number of hydrogen-bond acceptors (Lipinski definition) is 6. The van der Waals surface area contributed by atoms with Crippen LogP contribution in [0.5, 0.6) is 0 Å². The fraction of sp³-hybridized carbons (Fsp3) is 0.231. The van der Waals surface area contributed by atoms with Crippen LogP contribution in [0.25, 0.3) is 0 Å². The summed E-state index contributed by atoms with van der Waals surface area (Å²) in [5, 5.41) is -0.601. The summed E-state index contributed by atoms with van der Waals surface area (Å²) >= 11 is 1.03. The molecule has 2 rings (SSSR count). The third-order valence-corrected chi connectivity index (χ3v) is 5.48. The zero-order valence-electron chi connectivity index (χ0n) is 11.4. The quantitative estimate of drug-likeness (QED) is 0.853. The van der Waals surface area contributed by atoms with Gasteiger partial charge in [-0.05, 0) is 12.5 Å². The number of rotatable bonds is 5. The van der Waals surface area contributed by atoms with Crippen LogP contribution in [-0.2, 0) is 14.8 Å². The van der Waals surface area contributed by atoms with Gasteiger partial charge in [-0.1, -0.05) is 30.3 Å². The van der Waals surface area contributed by atoms with Crippen molar-refractivity contribution in [3.8, 4) is 0 Å². The number of benzene rings is 1. The molecule has 0 saturated carbocycles. The standard InChI is InChI=1S/C13H14N2O4S2/c1-9(10-6-4-3-5-7-10)21(17,18)15-12-11(13(16)19-2)14-8-20-12/h3-9,15H,1-2H3. The SMILES string of the molecule is COC(=O)c1ncsc1NS(=O)(=O)C(C)c1ccccc1. The van der Waals surface area contributed by atoms with E-state index < -0.39 is 21.2 Å². The van der Waals surface area contributed by atoms with Crippen molar-refractivity contribution in [2.24, 2.45) is 0 Å². The van der Waals surface area contributed by atoms with Crippen LogP contribution in [0.4, 0.5) is 5.00 Å². The summed E-state index contributed by atoms with van der Waals surface area (Å²) in [7, 11) is -2.47. The molecule has 0 bridgehead atoms. The van der Waals surface area contributed by atoms with Crippen LogP contribution in [0.1, 0.15) is 28.2 Å². The van der Waals surface area contributed by atoms with Gasteiger partial charge in [0.2, 0.25) is 10.0 Å². The lowest BCUT2D eigenvalue weighted by molar-refractivity contribution is 0.0596. The van der Waals surface area contributed by atoms with Gasteiger partial charge in [-0.25, -0.2) is 18.2 Å². The summed E-state index contributed by atoms with van der Waals surface area (Å²) in [4.78, 5) is 15.3. The Bertz CT molecular complexity index is 726. The van der Waals surface area contributed by atoms with E-state index in [4.69, 9.17) is 0 Å². The molecule has 6 nitrogen and oxygen atoms in total. The maximum atomic E-state index is 12.4. The number of sulfonamides is 1. The number of esters is 1. The molecule has 0 amide bonds. The Morgan fingerprint density at radius 2 is 2.00 bits per heavy atom. The monoisotopic (exact) mass is 326 g/mol. The van der Waals surface area contributed by atoms with E-state index in [2.05, 4.69) is 14.4 Å². The van der Waals surface area contributed by atoms with Crippen molar-refractivity contribution in [1.82, 2.24) is 4.98 Å². The molecule has 1 N–H and O–H groups in total. The van der Waals surface area contributed by atoms with Crippen LogP contribution in [-0.4, -0.2) is 26.5 Å². The van der Waals surface area contributed by atoms with E-state index in [0.29, 0.717) is 5.56 Å². The van der Waals surface area contributed by atoms with Crippen LogP contribution in [0, 0.1) is 0 Å². The van der Waals surface area contributed by atoms with Crippen molar-refractivity contribution in [2.75, 3.05) is 11.8 Å². The molecule has 1 aromatic carbocycles. The molecular formula is C13H14N2O4S2. The van der Waals surface area contributed by atoms with Gasteiger partial charge in [0.25, 0.3) is 0 Å². The highest BCUT2D eigenvalue weighted by Gasteiger charge is 2.26.